The maximum absolute atomic E-state index is 13.1. The zero-order valence-electron chi connectivity index (χ0n) is 19.3. The molecule has 0 bridgehead atoms. The van der Waals surface area contributed by atoms with Gasteiger partial charge in [-0.25, -0.2) is 9.67 Å². The first kappa shape index (κ1) is 22.1. The van der Waals surface area contributed by atoms with Gasteiger partial charge in [-0.3, -0.25) is 4.79 Å². The number of rotatable bonds is 5. The Morgan fingerprint density at radius 1 is 1.34 bits per heavy atom. The second kappa shape index (κ2) is 8.43. The highest BCUT2D eigenvalue weighted by atomic mass is 32.1. The second-order valence-electron chi connectivity index (χ2n) is 9.25. The lowest BCUT2D eigenvalue weighted by atomic mass is 9.96. The molecule has 0 spiro atoms. The number of fused-ring (bicyclic) bond motifs is 3. The van der Waals surface area contributed by atoms with Crippen molar-refractivity contribution in [2.75, 3.05) is 13.7 Å². The van der Waals surface area contributed by atoms with Gasteiger partial charge in [0.25, 0.3) is 5.91 Å². The predicted octanol–water partition coefficient (Wildman–Crippen LogP) is 5.10. The van der Waals surface area contributed by atoms with E-state index in [1.807, 2.05) is 31.4 Å². The molecule has 0 atom stereocenters. The Hall–Kier alpha value is -3.13. The average Bonchev–Trinajstić information content (AvgIpc) is 3.38. The molecular weight excluding hydrogens is 424 g/mol. The summed E-state index contributed by atoms with van der Waals surface area (Å²) in [5, 5.41) is 10.3. The van der Waals surface area contributed by atoms with Gasteiger partial charge >= 0.3 is 0 Å². The number of ether oxygens (including phenoxy) is 2. The predicted molar refractivity (Wildman–Crippen MR) is 127 cm³/mol. The van der Waals surface area contributed by atoms with Crippen molar-refractivity contribution in [3.05, 3.63) is 46.1 Å². The zero-order chi connectivity index (χ0) is 23.0. The fraction of sp³-hybridized carbons (Fsp3) is 0.375. The molecule has 0 fully saturated rings. The number of amides is 1. The van der Waals surface area contributed by atoms with Gasteiger partial charge in [0.1, 0.15) is 18.1 Å². The minimum absolute atomic E-state index is 0.0352. The van der Waals surface area contributed by atoms with Gasteiger partial charge in [0, 0.05) is 40.9 Å². The van der Waals surface area contributed by atoms with E-state index in [1.54, 1.807) is 18.0 Å². The maximum Gasteiger partial charge on any atom is 0.272 e. The quantitative estimate of drug-likeness (QED) is 0.583. The Morgan fingerprint density at radius 3 is 2.75 bits per heavy atom. The van der Waals surface area contributed by atoms with Crippen LogP contribution in [0.4, 0.5) is 0 Å². The molecule has 1 amide bonds. The largest absolute Gasteiger partial charge is 0.496 e. The van der Waals surface area contributed by atoms with E-state index < -0.39 is 0 Å². The highest BCUT2D eigenvalue weighted by molar-refractivity contribution is 7.12. The van der Waals surface area contributed by atoms with Crippen molar-refractivity contribution in [2.24, 2.45) is 5.41 Å². The molecule has 0 saturated carbocycles. The summed E-state index contributed by atoms with van der Waals surface area (Å²) in [5.74, 6) is 1.22. The van der Waals surface area contributed by atoms with Crippen molar-refractivity contribution in [2.45, 2.75) is 41.2 Å². The van der Waals surface area contributed by atoms with Gasteiger partial charge in [-0.05, 0) is 25.3 Å². The number of aromatic nitrogens is 3. The third-order valence-corrected chi connectivity index (χ3v) is 5.73. The SMILES string of the molecule is COc1cc2c(cc1C=C(C)C)-c1c(c(C(=O)NCC(C)(C)C)nn1-c1nccs1)CO2. The van der Waals surface area contributed by atoms with E-state index in [-0.39, 0.29) is 17.9 Å². The van der Waals surface area contributed by atoms with Crippen molar-refractivity contribution in [3.63, 3.8) is 0 Å². The molecule has 3 aromatic rings. The number of carbonyl (C=O) groups excluding carboxylic acids is 1. The van der Waals surface area contributed by atoms with E-state index in [9.17, 15) is 4.79 Å². The van der Waals surface area contributed by atoms with Gasteiger partial charge in [0.2, 0.25) is 5.13 Å². The van der Waals surface area contributed by atoms with Gasteiger partial charge in [-0.15, -0.1) is 11.3 Å². The molecule has 0 radical (unpaired) electrons. The van der Waals surface area contributed by atoms with Crippen LogP contribution in [0.2, 0.25) is 0 Å². The lowest BCUT2D eigenvalue weighted by Gasteiger charge is -2.21. The molecule has 1 aromatic carbocycles. The molecule has 32 heavy (non-hydrogen) atoms. The van der Waals surface area contributed by atoms with Crippen LogP contribution in [0, 0.1) is 5.41 Å². The number of nitrogens with zero attached hydrogens (tertiary/aromatic N) is 3. The van der Waals surface area contributed by atoms with Gasteiger partial charge in [0.05, 0.1) is 12.8 Å². The number of benzene rings is 1. The number of hydrogen-bond donors (Lipinski definition) is 1. The summed E-state index contributed by atoms with van der Waals surface area (Å²) < 4.78 is 13.4. The van der Waals surface area contributed by atoms with Crippen molar-refractivity contribution >= 4 is 23.3 Å². The van der Waals surface area contributed by atoms with Crippen LogP contribution in [-0.2, 0) is 6.61 Å². The molecule has 1 aliphatic rings. The molecule has 0 aliphatic carbocycles. The summed E-state index contributed by atoms with van der Waals surface area (Å²) in [6, 6.07) is 3.92. The van der Waals surface area contributed by atoms with Crippen LogP contribution >= 0.6 is 11.3 Å². The van der Waals surface area contributed by atoms with Crippen LogP contribution in [0.3, 0.4) is 0 Å². The topological polar surface area (TPSA) is 78.3 Å². The van der Waals surface area contributed by atoms with E-state index >= 15 is 0 Å². The highest BCUT2D eigenvalue weighted by Crippen LogP contribution is 2.44. The summed E-state index contributed by atoms with van der Waals surface area (Å²) in [4.78, 5) is 17.5. The number of carbonyl (C=O) groups is 1. The molecular formula is C24H28N4O3S. The van der Waals surface area contributed by atoms with Crippen molar-refractivity contribution < 1.29 is 14.3 Å². The molecule has 1 aliphatic heterocycles. The van der Waals surface area contributed by atoms with E-state index in [2.05, 4.69) is 37.1 Å². The summed E-state index contributed by atoms with van der Waals surface area (Å²) in [5.41, 5.74) is 4.86. The van der Waals surface area contributed by atoms with Gasteiger partial charge < -0.3 is 14.8 Å². The van der Waals surface area contributed by atoms with Crippen molar-refractivity contribution in [1.82, 2.24) is 20.1 Å². The number of hydrogen-bond acceptors (Lipinski definition) is 6. The number of methoxy groups -OCH3 is 1. The summed E-state index contributed by atoms with van der Waals surface area (Å²) >= 11 is 1.47. The first-order chi connectivity index (χ1) is 15.2. The third kappa shape index (κ3) is 4.27. The van der Waals surface area contributed by atoms with E-state index in [0.717, 1.165) is 33.7 Å². The molecule has 0 saturated heterocycles. The Kier molecular flexibility index (Phi) is 5.81. The van der Waals surface area contributed by atoms with E-state index in [0.29, 0.717) is 23.1 Å². The van der Waals surface area contributed by atoms with Gasteiger partial charge in [-0.2, -0.15) is 5.10 Å². The number of thiazole rings is 1. The van der Waals surface area contributed by atoms with E-state index in [4.69, 9.17) is 14.6 Å². The molecule has 2 aromatic heterocycles. The first-order valence-corrected chi connectivity index (χ1v) is 11.4. The Bertz CT molecular complexity index is 1180. The lowest BCUT2D eigenvalue weighted by molar-refractivity contribution is 0.0931. The minimum atomic E-state index is -0.212. The lowest BCUT2D eigenvalue weighted by Crippen LogP contribution is -2.33. The zero-order valence-corrected chi connectivity index (χ0v) is 20.1. The fourth-order valence-electron chi connectivity index (χ4n) is 3.57. The molecule has 1 N–H and O–H groups in total. The Balaban J connectivity index is 1.89. The monoisotopic (exact) mass is 452 g/mol. The van der Waals surface area contributed by atoms with Crippen LogP contribution in [0.5, 0.6) is 11.5 Å². The number of allylic oxidation sites excluding steroid dienone is 1. The van der Waals surface area contributed by atoms with E-state index in [1.165, 1.54) is 11.3 Å². The van der Waals surface area contributed by atoms with Crippen molar-refractivity contribution in [3.8, 4) is 27.9 Å². The summed E-state index contributed by atoms with van der Waals surface area (Å²) in [6.07, 6.45) is 3.80. The Morgan fingerprint density at radius 2 is 2.12 bits per heavy atom. The standard InChI is InChI=1S/C24H28N4O3S/c1-14(2)9-15-10-16-19(11-18(15)30-6)31-12-17-20(22(29)26-13-24(3,4)5)27-28(21(16)17)23-25-7-8-32-23/h7-11H,12-13H2,1-6H3,(H,26,29). The van der Waals surface area contributed by atoms with Crippen LogP contribution in [0.15, 0.2) is 29.3 Å². The molecule has 4 rings (SSSR count). The maximum atomic E-state index is 13.1. The highest BCUT2D eigenvalue weighted by Gasteiger charge is 2.32. The normalized spacial score (nSPS) is 12.4. The number of nitrogens with one attached hydrogen (secondary N) is 1. The minimum Gasteiger partial charge on any atom is -0.496 e. The average molecular weight is 453 g/mol. The third-order valence-electron chi connectivity index (χ3n) is 4.98. The molecule has 168 valence electrons. The molecule has 3 heterocycles. The smallest absolute Gasteiger partial charge is 0.272 e. The van der Waals surface area contributed by atoms with Crippen LogP contribution in [0.1, 0.15) is 56.2 Å². The van der Waals surface area contributed by atoms with Gasteiger partial charge in [-0.1, -0.05) is 32.4 Å². The van der Waals surface area contributed by atoms with Crippen molar-refractivity contribution in [1.29, 1.82) is 0 Å². The Labute approximate surface area is 192 Å². The van der Waals surface area contributed by atoms with Crippen LogP contribution in [0.25, 0.3) is 22.5 Å². The van der Waals surface area contributed by atoms with Crippen LogP contribution in [-0.4, -0.2) is 34.3 Å². The summed E-state index contributed by atoms with van der Waals surface area (Å²) in [6.45, 7) is 11.1. The molecule has 8 heteroatoms. The van der Waals surface area contributed by atoms with Crippen LogP contribution < -0.4 is 14.8 Å². The molecule has 0 unspecified atom stereocenters. The van der Waals surface area contributed by atoms with Gasteiger partial charge in [0.15, 0.2) is 5.69 Å². The fourth-order valence-corrected chi connectivity index (χ4v) is 4.16. The second-order valence-corrected chi connectivity index (χ2v) is 10.1. The molecule has 7 nitrogen and oxygen atoms in total. The first-order valence-electron chi connectivity index (χ1n) is 10.5. The summed E-state index contributed by atoms with van der Waals surface area (Å²) in [7, 11) is 1.65.